The van der Waals surface area contributed by atoms with E-state index in [1.807, 2.05) is 19.2 Å². The Morgan fingerprint density at radius 1 is 1.29 bits per heavy atom. The molecule has 1 unspecified atom stereocenters. The number of phenols is 1. The molecule has 4 heteroatoms. The van der Waals surface area contributed by atoms with E-state index in [1.165, 1.54) is 32.1 Å². The van der Waals surface area contributed by atoms with Gasteiger partial charge in [0.2, 0.25) is 5.91 Å². The molecule has 1 amide bonds. The van der Waals surface area contributed by atoms with Crippen molar-refractivity contribution in [3.63, 3.8) is 0 Å². The number of rotatable bonds is 5. The molecule has 0 aromatic heterocycles. The Hall–Kier alpha value is -1.55. The largest absolute Gasteiger partial charge is 0.508 e. The molecule has 0 radical (unpaired) electrons. The molecule has 1 aromatic rings. The van der Waals surface area contributed by atoms with E-state index in [1.54, 1.807) is 17.0 Å². The van der Waals surface area contributed by atoms with E-state index in [0.717, 1.165) is 12.1 Å². The number of nitrogens with zero attached hydrogens (tertiary/aromatic N) is 1. The fraction of sp³-hybridized carbons (Fsp3) is 0.588. The van der Waals surface area contributed by atoms with Crippen molar-refractivity contribution in [2.75, 3.05) is 13.6 Å². The summed E-state index contributed by atoms with van der Waals surface area (Å²) < 4.78 is 0. The lowest BCUT2D eigenvalue weighted by Crippen LogP contribution is -2.44. The molecule has 1 atom stereocenters. The van der Waals surface area contributed by atoms with Crippen LogP contribution in [0.5, 0.6) is 5.75 Å². The Balaban J connectivity index is 1.84. The van der Waals surface area contributed by atoms with Crippen molar-refractivity contribution in [2.24, 2.45) is 11.7 Å². The lowest BCUT2D eigenvalue weighted by molar-refractivity contribution is -0.132. The fourth-order valence-electron chi connectivity index (χ4n) is 3.10. The normalized spacial score (nSPS) is 17.4. The van der Waals surface area contributed by atoms with Crippen LogP contribution in [0.15, 0.2) is 24.3 Å². The summed E-state index contributed by atoms with van der Waals surface area (Å²) in [5.41, 5.74) is 7.01. The van der Waals surface area contributed by atoms with E-state index in [2.05, 4.69) is 0 Å². The second kappa shape index (κ2) is 7.46. The van der Waals surface area contributed by atoms with Crippen molar-refractivity contribution in [1.82, 2.24) is 4.90 Å². The topological polar surface area (TPSA) is 66.6 Å². The molecule has 1 aliphatic carbocycles. The van der Waals surface area contributed by atoms with Crippen LogP contribution < -0.4 is 5.73 Å². The van der Waals surface area contributed by atoms with Crippen molar-refractivity contribution in [3.8, 4) is 5.75 Å². The van der Waals surface area contributed by atoms with Crippen LogP contribution in [0.2, 0.25) is 0 Å². The number of amides is 1. The van der Waals surface area contributed by atoms with Gasteiger partial charge in [-0.3, -0.25) is 4.79 Å². The third kappa shape index (κ3) is 4.74. The monoisotopic (exact) mass is 290 g/mol. The molecule has 3 N–H and O–H groups in total. The summed E-state index contributed by atoms with van der Waals surface area (Å²) in [4.78, 5) is 14.1. The van der Waals surface area contributed by atoms with Gasteiger partial charge in [0.1, 0.15) is 5.75 Å². The van der Waals surface area contributed by atoms with Crippen LogP contribution >= 0.6 is 0 Å². The van der Waals surface area contributed by atoms with Crippen LogP contribution in [0.3, 0.4) is 0 Å². The van der Waals surface area contributed by atoms with Gasteiger partial charge in [-0.2, -0.15) is 0 Å². The summed E-state index contributed by atoms with van der Waals surface area (Å²) in [5, 5.41) is 9.26. The van der Waals surface area contributed by atoms with E-state index < -0.39 is 6.04 Å². The van der Waals surface area contributed by atoms with Crippen LogP contribution in [0.1, 0.15) is 37.7 Å². The summed E-state index contributed by atoms with van der Waals surface area (Å²) in [7, 11) is 1.85. The highest BCUT2D eigenvalue weighted by atomic mass is 16.3. The number of hydrogen-bond acceptors (Lipinski definition) is 3. The van der Waals surface area contributed by atoms with E-state index in [9.17, 15) is 9.90 Å². The molecule has 4 nitrogen and oxygen atoms in total. The van der Waals surface area contributed by atoms with Crippen molar-refractivity contribution in [1.29, 1.82) is 0 Å². The standard InChI is InChI=1S/C17H26N2O2/c1-19(12-14-5-3-2-4-6-14)17(21)16(18)11-13-7-9-15(20)10-8-13/h7-10,14,16,20H,2-6,11-12,18H2,1H3. The van der Waals surface area contributed by atoms with Crippen LogP contribution in [0, 0.1) is 5.92 Å². The van der Waals surface area contributed by atoms with Gasteiger partial charge in [-0.05, 0) is 42.9 Å². The molecule has 0 spiro atoms. The molecule has 0 heterocycles. The van der Waals surface area contributed by atoms with Gasteiger partial charge in [0.25, 0.3) is 0 Å². The SMILES string of the molecule is CN(CC1CCCCC1)C(=O)C(N)Cc1ccc(O)cc1. The highest BCUT2D eigenvalue weighted by molar-refractivity contribution is 5.81. The molecule has 1 aliphatic rings. The quantitative estimate of drug-likeness (QED) is 0.874. The summed E-state index contributed by atoms with van der Waals surface area (Å²) in [6.45, 7) is 0.822. The average Bonchev–Trinajstić information content (AvgIpc) is 2.49. The minimum atomic E-state index is -0.511. The van der Waals surface area contributed by atoms with Crippen LogP contribution in [0.4, 0.5) is 0 Å². The van der Waals surface area contributed by atoms with E-state index in [0.29, 0.717) is 12.3 Å². The predicted molar refractivity (Wildman–Crippen MR) is 84.0 cm³/mol. The van der Waals surface area contributed by atoms with E-state index in [-0.39, 0.29) is 11.7 Å². The maximum Gasteiger partial charge on any atom is 0.239 e. The number of hydrogen-bond donors (Lipinski definition) is 2. The Morgan fingerprint density at radius 2 is 1.90 bits per heavy atom. The molecule has 2 rings (SSSR count). The summed E-state index contributed by atoms with van der Waals surface area (Å²) in [6.07, 6.45) is 6.86. The van der Waals surface area contributed by atoms with Crippen molar-refractivity contribution >= 4 is 5.91 Å². The predicted octanol–water partition coefficient (Wildman–Crippen LogP) is 2.30. The minimum Gasteiger partial charge on any atom is -0.508 e. The van der Waals surface area contributed by atoms with Gasteiger partial charge >= 0.3 is 0 Å². The minimum absolute atomic E-state index is 0.00801. The molecule has 1 saturated carbocycles. The number of likely N-dealkylation sites (N-methyl/N-ethyl adjacent to an activating group) is 1. The Kier molecular flexibility index (Phi) is 5.62. The van der Waals surface area contributed by atoms with Gasteiger partial charge in [0, 0.05) is 13.6 Å². The first-order valence-electron chi connectivity index (χ1n) is 7.84. The molecule has 0 saturated heterocycles. The Bertz CT molecular complexity index is 452. The second-order valence-electron chi connectivity index (χ2n) is 6.20. The van der Waals surface area contributed by atoms with Gasteiger partial charge in [0.15, 0.2) is 0 Å². The average molecular weight is 290 g/mol. The maximum absolute atomic E-state index is 12.3. The number of carbonyl (C=O) groups is 1. The molecule has 21 heavy (non-hydrogen) atoms. The molecule has 1 aromatic carbocycles. The summed E-state index contributed by atoms with van der Waals surface area (Å²) in [6, 6.07) is 6.35. The van der Waals surface area contributed by atoms with Crippen molar-refractivity contribution in [3.05, 3.63) is 29.8 Å². The zero-order valence-electron chi connectivity index (χ0n) is 12.8. The molecule has 0 aliphatic heterocycles. The van der Waals surface area contributed by atoms with Crippen LogP contribution in [-0.2, 0) is 11.2 Å². The summed E-state index contributed by atoms with van der Waals surface area (Å²) in [5.74, 6) is 0.871. The summed E-state index contributed by atoms with van der Waals surface area (Å²) >= 11 is 0. The van der Waals surface area contributed by atoms with Crippen molar-refractivity contribution < 1.29 is 9.90 Å². The maximum atomic E-state index is 12.3. The number of carbonyl (C=O) groups excluding carboxylic acids is 1. The highest BCUT2D eigenvalue weighted by Gasteiger charge is 2.22. The first-order chi connectivity index (χ1) is 10.1. The van der Waals surface area contributed by atoms with Gasteiger partial charge in [-0.1, -0.05) is 31.4 Å². The lowest BCUT2D eigenvalue weighted by atomic mass is 9.89. The number of aromatic hydroxyl groups is 1. The first-order valence-corrected chi connectivity index (χ1v) is 7.84. The third-order valence-corrected chi connectivity index (χ3v) is 4.34. The van der Waals surface area contributed by atoms with E-state index >= 15 is 0 Å². The van der Waals surface area contributed by atoms with Crippen LogP contribution in [0.25, 0.3) is 0 Å². The Labute approximate surface area is 126 Å². The number of nitrogens with two attached hydrogens (primary N) is 1. The zero-order valence-corrected chi connectivity index (χ0v) is 12.8. The van der Waals surface area contributed by atoms with Crippen molar-refractivity contribution in [2.45, 2.75) is 44.6 Å². The lowest BCUT2D eigenvalue weighted by Gasteiger charge is -2.28. The Morgan fingerprint density at radius 3 is 2.52 bits per heavy atom. The fourth-order valence-corrected chi connectivity index (χ4v) is 3.10. The third-order valence-electron chi connectivity index (χ3n) is 4.34. The number of benzene rings is 1. The molecule has 116 valence electrons. The van der Waals surface area contributed by atoms with Gasteiger partial charge < -0.3 is 15.7 Å². The van der Waals surface area contributed by atoms with Crippen LogP contribution in [-0.4, -0.2) is 35.5 Å². The highest BCUT2D eigenvalue weighted by Crippen LogP contribution is 2.24. The molecular weight excluding hydrogens is 264 g/mol. The second-order valence-corrected chi connectivity index (χ2v) is 6.20. The van der Waals surface area contributed by atoms with E-state index in [4.69, 9.17) is 5.73 Å². The van der Waals surface area contributed by atoms with Gasteiger partial charge in [-0.15, -0.1) is 0 Å². The first kappa shape index (κ1) is 15.8. The smallest absolute Gasteiger partial charge is 0.239 e. The van der Waals surface area contributed by atoms with Gasteiger partial charge in [0.05, 0.1) is 6.04 Å². The number of phenolic OH excluding ortho intramolecular Hbond substituents is 1. The molecular formula is C17H26N2O2. The van der Waals surface area contributed by atoms with Gasteiger partial charge in [-0.25, -0.2) is 0 Å². The zero-order chi connectivity index (χ0) is 15.2. The molecule has 0 bridgehead atoms. The molecule has 1 fully saturated rings.